The molecule has 128 valence electrons. The maximum Gasteiger partial charge on any atom is 0.0723 e. The van der Waals surface area contributed by atoms with Crippen molar-refractivity contribution in [2.24, 2.45) is 0 Å². The van der Waals surface area contributed by atoms with Crippen LogP contribution in [0.4, 0.5) is 0 Å². The molecule has 0 nitrogen and oxygen atoms in total. The van der Waals surface area contributed by atoms with Crippen molar-refractivity contribution < 1.29 is 0 Å². The lowest BCUT2D eigenvalue weighted by molar-refractivity contribution is 1.12. The Kier molecular flexibility index (Phi) is 6.05. The lowest BCUT2D eigenvalue weighted by Gasteiger charge is -2.32. The van der Waals surface area contributed by atoms with Crippen LogP contribution in [0.5, 0.6) is 0 Å². The minimum atomic E-state index is -1.38. The molecule has 0 N–H and O–H groups in total. The highest BCUT2D eigenvalue weighted by molar-refractivity contribution is 6.89. The molecule has 2 heteroatoms. The smallest absolute Gasteiger partial charge is 0.0723 e. The normalized spacial score (nSPS) is 13.6. The molecule has 0 atom stereocenters. The van der Waals surface area contributed by atoms with Gasteiger partial charge in [0, 0.05) is 0 Å². The van der Waals surface area contributed by atoms with Crippen LogP contribution in [0.15, 0.2) is 71.1 Å². The van der Waals surface area contributed by atoms with E-state index in [1.165, 1.54) is 11.1 Å². The number of hydrogen-bond acceptors (Lipinski definition) is 0. The van der Waals surface area contributed by atoms with Crippen LogP contribution in [0.1, 0.15) is 11.1 Å². The molecule has 0 saturated heterocycles. The molecule has 0 bridgehead atoms. The number of hydrogen-bond donors (Lipinski definition) is 0. The number of benzene rings is 2. The molecular formula is C22H32Si2. The van der Waals surface area contributed by atoms with E-state index in [0.717, 1.165) is 12.8 Å². The average Bonchev–Trinajstić information content (AvgIpc) is 2.51. The van der Waals surface area contributed by atoms with Gasteiger partial charge < -0.3 is 0 Å². The van der Waals surface area contributed by atoms with Crippen molar-refractivity contribution in [2.75, 3.05) is 0 Å². The quantitative estimate of drug-likeness (QED) is 0.519. The zero-order chi connectivity index (χ0) is 17.8. The molecule has 0 aliphatic heterocycles. The molecule has 0 amide bonds. The van der Waals surface area contributed by atoms with Gasteiger partial charge in [-0.3, -0.25) is 0 Å². The molecule has 0 radical (unpaired) electrons. The highest BCUT2D eigenvalue weighted by Crippen LogP contribution is 2.31. The van der Waals surface area contributed by atoms with E-state index in [4.69, 9.17) is 0 Å². The summed E-state index contributed by atoms with van der Waals surface area (Å²) in [5.74, 6) is 0. The third-order valence-corrected chi connectivity index (χ3v) is 9.45. The molecule has 2 aromatic rings. The Morgan fingerprint density at radius 1 is 0.542 bits per heavy atom. The Morgan fingerprint density at radius 2 is 0.833 bits per heavy atom. The maximum absolute atomic E-state index is 2.51. The van der Waals surface area contributed by atoms with E-state index in [2.05, 4.69) is 99.9 Å². The second kappa shape index (κ2) is 7.67. The molecule has 0 saturated carbocycles. The first-order chi connectivity index (χ1) is 11.2. The first-order valence-corrected chi connectivity index (χ1v) is 16.0. The van der Waals surface area contributed by atoms with Gasteiger partial charge in [0.2, 0.25) is 0 Å². The van der Waals surface area contributed by atoms with Gasteiger partial charge in [-0.1, -0.05) is 110 Å². The number of rotatable bonds is 6. The monoisotopic (exact) mass is 352 g/mol. The maximum atomic E-state index is 2.51. The lowest BCUT2D eigenvalue weighted by atomic mass is 10.1. The second-order valence-electron chi connectivity index (χ2n) is 8.78. The molecule has 24 heavy (non-hydrogen) atoms. The predicted molar refractivity (Wildman–Crippen MR) is 114 cm³/mol. The molecule has 0 spiro atoms. The van der Waals surface area contributed by atoms with Crippen LogP contribution in [0.3, 0.4) is 0 Å². The van der Waals surface area contributed by atoms with Gasteiger partial charge in [0.05, 0.1) is 16.1 Å². The molecule has 2 aromatic carbocycles. The first kappa shape index (κ1) is 18.9. The van der Waals surface area contributed by atoms with E-state index >= 15 is 0 Å². The van der Waals surface area contributed by atoms with Crippen LogP contribution in [0.25, 0.3) is 0 Å². The van der Waals surface area contributed by atoms with Gasteiger partial charge in [-0.15, -0.1) is 0 Å². The molecule has 0 unspecified atom stereocenters. The first-order valence-electron chi connectivity index (χ1n) is 8.99. The van der Waals surface area contributed by atoms with Crippen molar-refractivity contribution in [2.45, 2.75) is 52.1 Å². The van der Waals surface area contributed by atoms with Crippen molar-refractivity contribution in [1.82, 2.24) is 0 Å². The largest absolute Gasteiger partial charge is 0.0809 e. The molecule has 0 aliphatic rings. The third kappa shape index (κ3) is 5.32. The van der Waals surface area contributed by atoms with Crippen LogP contribution in [-0.2, 0) is 12.8 Å². The topological polar surface area (TPSA) is 0 Å². The lowest BCUT2D eigenvalue weighted by Crippen LogP contribution is -2.35. The molecule has 2 rings (SSSR count). The van der Waals surface area contributed by atoms with Crippen molar-refractivity contribution in [1.29, 1.82) is 0 Å². The summed E-state index contributed by atoms with van der Waals surface area (Å²) in [6.07, 6.45) is 2.26. The van der Waals surface area contributed by atoms with Crippen LogP contribution < -0.4 is 0 Å². The van der Waals surface area contributed by atoms with Gasteiger partial charge in [0.25, 0.3) is 0 Å². The number of allylic oxidation sites excluding steroid dienone is 2. The minimum Gasteiger partial charge on any atom is -0.0809 e. The van der Waals surface area contributed by atoms with Crippen molar-refractivity contribution in [3.05, 3.63) is 82.2 Å². The second-order valence-corrected chi connectivity index (χ2v) is 19.0. The highest BCUT2D eigenvalue weighted by Gasteiger charge is 2.30. The van der Waals surface area contributed by atoms with Crippen molar-refractivity contribution >= 4 is 16.1 Å². The molecular weight excluding hydrogens is 320 g/mol. The Labute approximate surface area is 150 Å². The van der Waals surface area contributed by atoms with E-state index < -0.39 is 16.1 Å². The van der Waals surface area contributed by atoms with Crippen molar-refractivity contribution in [3.63, 3.8) is 0 Å². The fourth-order valence-electron chi connectivity index (χ4n) is 3.25. The van der Waals surface area contributed by atoms with Crippen LogP contribution in [-0.4, -0.2) is 16.1 Å². The summed E-state index contributed by atoms with van der Waals surface area (Å²) in [5, 5.41) is 3.55. The van der Waals surface area contributed by atoms with E-state index in [9.17, 15) is 0 Å². The standard InChI is InChI=1S/C22H32Si2/c1-23(2,3)21(17-19-13-9-7-10-14-19)22(24(4,5)6)18-20-15-11-8-12-16-20/h7-16H,17-18H2,1-6H3/b22-21+. The average molecular weight is 353 g/mol. The summed E-state index contributed by atoms with van der Waals surface area (Å²) >= 11 is 0. The van der Waals surface area contributed by atoms with E-state index in [-0.39, 0.29) is 0 Å². The Bertz CT molecular complexity index is 610. The zero-order valence-corrected chi connectivity index (χ0v) is 18.2. The van der Waals surface area contributed by atoms with Gasteiger partial charge in [0.15, 0.2) is 0 Å². The van der Waals surface area contributed by atoms with Gasteiger partial charge in [-0.2, -0.15) is 0 Å². The van der Waals surface area contributed by atoms with Crippen molar-refractivity contribution in [3.8, 4) is 0 Å². The summed E-state index contributed by atoms with van der Waals surface area (Å²) in [6.45, 7) is 15.1. The fourth-order valence-corrected chi connectivity index (χ4v) is 8.96. The third-order valence-electron chi connectivity index (χ3n) is 4.62. The van der Waals surface area contributed by atoms with Gasteiger partial charge in [0.1, 0.15) is 0 Å². The van der Waals surface area contributed by atoms with Crippen LogP contribution in [0.2, 0.25) is 39.3 Å². The highest BCUT2D eigenvalue weighted by atomic mass is 28.3. The molecule has 0 fully saturated rings. The van der Waals surface area contributed by atoms with E-state index in [1.54, 1.807) is 10.4 Å². The molecule has 0 aliphatic carbocycles. The van der Waals surface area contributed by atoms with Gasteiger partial charge >= 0.3 is 0 Å². The fraction of sp³-hybridized carbons (Fsp3) is 0.364. The zero-order valence-electron chi connectivity index (χ0n) is 16.2. The molecule has 0 heterocycles. The van der Waals surface area contributed by atoms with Gasteiger partial charge in [-0.25, -0.2) is 0 Å². The Morgan fingerprint density at radius 3 is 1.08 bits per heavy atom. The summed E-state index contributed by atoms with van der Waals surface area (Å²) in [7, 11) is -2.76. The van der Waals surface area contributed by atoms with Gasteiger partial charge in [-0.05, 0) is 24.0 Å². The van der Waals surface area contributed by atoms with Crippen LogP contribution >= 0.6 is 0 Å². The Balaban J connectivity index is 2.52. The predicted octanol–water partition coefficient (Wildman–Crippen LogP) is 6.52. The summed E-state index contributed by atoms with van der Waals surface area (Å²) < 4.78 is 0. The van der Waals surface area contributed by atoms with E-state index in [0.29, 0.717) is 0 Å². The van der Waals surface area contributed by atoms with Crippen LogP contribution in [0, 0.1) is 0 Å². The molecule has 0 aromatic heterocycles. The summed E-state index contributed by atoms with van der Waals surface area (Å²) in [6, 6.07) is 22.0. The summed E-state index contributed by atoms with van der Waals surface area (Å²) in [4.78, 5) is 0. The Hall–Kier alpha value is -1.39. The minimum absolute atomic E-state index is 1.13. The van der Waals surface area contributed by atoms with E-state index in [1.807, 2.05) is 0 Å². The SMILES string of the molecule is C[Si](C)(C)/C(Cc1ccccc1)=C(\Cc1ccccc1)[Si](C)(C)C. The summed E-state index contributed by atoms with van der Waals surface area (Å²) in [5.41, 5.74) is 2.91.